The Morgan fingerprint density at radius 1 is 0.610 bits per heavy atom. The normalized spacial score (nSPS) is 13.0. The van der Waals surface area contributed by atoms with Gasteiger partial charge in [-0.25, -0.2) is 8.42 Å². The number of hydrogen-bond donors (Lipinski definition) is 1. The molecule has 4 aromatic rings. The van der Waals surface area contributed by atoms with Crippen LogP contribution in [0, 0.1) is 0 Å². The van der Waals surface area contributed by atoms with E-state index in [1.54, 1.807) is 0 Å². The highest BCUT2D eigenvalue weighted by Crippen LogP contribution is 2.42. The first-order valence-electron chi connectivity index (χ1n) is 12.8. The molecule has 0 saturated carbocycles. The highest BCUT2D eigenvalue weighted by atomic mass is 32.3. The van der Waals surface area contributed by atoms with Crippen LogP contribution in [0.1, 0.15) is 86.8 Å². The summed E-state index contributed by atoms with van der Waals surface area (Å²) in [5.41, 5.74) is 6.65. The van der Waals surface area contributed by atoms with Crippen molar-refractivity contribution in [2.24, 2.45) is 0 Å². The second-order valence-electron chi connectivity index (χ2n) is 9.50. The van der Waals surface area contributed by atoms with Crippen LogP contribution in [0.5, 0.6) is 5.75 Å². The molecular weight excluding hydrogens is 534 g/mol. The summed E-state index contributed by atoms with van der Waals surface area (Å²) < 4.78 is 43.6. The SMILES string of the molecule is C.C.CC(c1ccccc1)c1cc(C(C)c2ccccc2)c(OCCOS(=O)(=O)[O-])c(C(C)c2ccccc2)c1.[NH4+]. The van der Waals surface area contributed by atoms with Crippen LogP contribution in [0.25, 0.3) is 0 Å². The fraction of sp³-hybridized carbons (Fsp3) is 0.294. The standard InChI is InChI=1S/C32H34O5S.2CH4.H3N/c1-23(26-13-7-4-8-14-26)29-21-30(24(2)27-15-9-5-10-16-27)32(36-19-20-37-38(33,34)35)31(22-29)25(3)28-17-11-6-12-18-28;;;/h4-18,21-25H,19-20H2,1-3H3,(H,33,34,35);2*1H4;1H3. The van der Waals surface area contributed by atoms with Gasteiger partial charge in [-0.15, -0.1) is 0 Å². The van der Waals surface area contributed by atoms with E-state index >= 15 is 0 Å². The summed E-state index contributed by atoms with van der Waals surface area (Å²) >= 11 is 0. The third-order valence-corrected chi connectivity index (χ3v) is 7.51. The van der Waals surface area contributed by atoms with Crippen molar-refractivity contribution >= 4 is 10.4 Å². The zero-order chi connectivity index (χ0) is 27.1. The Balaban J connectivity index is 0.00000280. The van der Waals surface area contributed by atoms with Gasteiger partial charge in [-0.3, -0.25) is 4.18 Å². The number of ether oxygens (including phenoxy) is 1. The largest absolute Gasteiger partial charge is 0.726 e. The molecule has 0 aliphatic carbocycles. The van der Waals surface area contributed by atoms with E-state index in [1.165, 1.54) is 5.56 Å². The lowest BCUT2D eigenvalue weighted by Crippen LogP contribution is -2.15. The monoisotopic (exact) mass is 579 g/mol. The van der Waals surface area contributed by atoms with E-state index in [0.29, 0.717) is 5.75 Å². The molecule has 0 aliphatic rings. The van der Waals surface area contributed by atoms with Crippen LogP contribution in [0.3, 0.4) is 0 Å². The lowest BCUT2D eigenvalue weighted by atomic mass is 9.81. The molecule has 0 amide bonds. The molecule has 4 N–H and O–H groups in total. The van der Waals surface area contributed by atoms with Gasteiger partial charge in [0.05, 0.1) is 6.61 Å². The van der Waals surface area contributed by atoms with E-state index in [1.807, 2.05) is 54.6 Å². The van der Waals surface area contributed by atoms with Crippen molar-refractivity contribution in [3.8, 4) is 5.75 Å². The topological polar surface area (TPSA) is 112 Å². The van der Waals surface area contributed by atoms with Gasteiger partial charge >= 0.3 is 0 Å². The van der Waals surface area contributed by atoms with Crippen LogP contribution < -0.4 is 10.9 Å². The number of quaternary nitrogens is 1. The van der Waals surface area contributed by atoms with Crippen LogP contribution in [-0.2, 0) is 14.6 Å². The molecule has 0 fully saturated rings. The van der Waals surface area contributed by atoms with Gasteiger partial charge in [0.2, 0.25) is 10.4 Å². The van der Waals surface area contributed by atoms with Gasteiger partial charge in [-0.05, 0) is 22.3 Å². The van der Waals surface area contributed by atoms with Crippen molar-refractivity contribution in [2.45, 2.75) is 53.4 Å². The fourth-order valence-electron chi connectivity index (χ4n) is 4.82. The molecule has 4 aromatic carbocycles. The van der Waals surface area contributed by atoms with Crippen molar-refractivity contribution in [3.05, 3.63) is 137 Å². The minimum absolute atomic E-state index is 0. The molecule has 3 atom stereocenters. The Morgan fingerprint density at radius 3 is 1.34 bits per heavy atom. The molecule has 3 unspecified atom stereocenters. The Morgan fingerprint density at radius 2 is 0.976 bits per heavy atom. The van der Waals surface area contributed by atoms with E-state index in [9.17, 15) is 13.0 Å². The summed E-state index contributed by atoms with van der Waals surface area (Å²) in [6.07, 6.45) is 0. The average Bonchev–Trinajstić information content (AvgIpc) is 2.94. The zero-order valence-electron chi connectivity index (χ0n) is 22.9. The van der Waals surface area contributed by atoms with Crippen molar-refractivity contribution in [1.29, 1.82) is 0 Å². The summed E-state index contributed by atoms with van der Waals surface area (Å²) in [6.45, 7) is 6.06. The lowest BCUT2D eigenvalue weighted by molar-refractivity contribution is 0.196. The minimum Gasteiger partial charge on any atom is -0.726 e. The van der Waals surface area contributed by atoms with E-state index in [2.05, 4.69) is 73.5 Å². The lowest BCUT2D eigenvalue weighted by Gasteiger charge is -2.26. The number of rotatable bonds is 11. The highest BCUT2D eigenvalue weighted by molar-refractivity contribution is 7.80. The third kappa shape index (κ3) is 9.26. The van der Waals surface area contributed by atoms with Gasteiger partial charge in [0, 0.05) is 28.9 Å². The molecule has 41 heavy (non-hydrogen) atoms. The molecule has 4 rings (SSSR count). The molecule has 0 aliphatic heterocycles. The molecule has 7 heteroatoms. The molecule has 0 radical (unpaired) electrons. The van der Waals surface area contributed by atoms with Crippen molar-refractivity contribution < 1.29 is 21.9 Å². The Kier molecular flexibility index (Phi) is 13.9. The summed E-state index contributed by atoms with van der Waals surface area (Å²) in [6, 6.07) is 35.2. The maximum absolute atomic E-state index is 11.0. The molecule has 6 nitrogen and oxygen atoms in total. The van der Waals surface area contributed by atoms with Crippen LogP contribution in [0.15, 0.2) is 103 Å². The number of benzene rings is 4. The van der Waals surface area contributed by atoms with E-state index in [4.69, 9.17) is 4.74 Å². The summed E-state index contributed by atoms with van der Waals surface area (Å²) in [5.74, 6) is 0.830. The second-order valence-corrected chi connectivity index (χ2v) is 10.6. The highest BCUT2D eigenvalue weighted by Gasteiger charge is 2.24. The third-order valence-electron chi connectivity index (χ3n) is 7.06. The minimum atomic E-state index is -4.80. The van der Waals surface area contributed by atoms with Gasteiger partial charge in [-0.2, -0.15) is 0 Å². The Labute approximate surface area is 246 Å². The first-order chi connectivity index (χ1) is 18.2. The average molecular weight is 580 g/mol. The maximum Gasteiger partial charge on any atom is 0.217 e. The molecule has 222 valence electrons. The van der Waals surface area contributed by atoms with E-state index in [-0.39, 0.29) is 52.0 Å². The predicted molar refractivity (Wildman–Crippen MR) is 169 cm³/mol. The van der Waals surface area contributed by atoms with Crippen molar-refractivity contribution in [3.63, 3.8) is 0 Å². The first-order valence-corrected chi connectivity index (χ1v) is 14.1. The Hall–Kier alpha value is -3.49. The first kappa shape index (κ1) is 35.5. The van der Waals surface area contributed by atoms with Crippen LogP contribution >= 0.6 is 0 Å². The number of hydrogen-bond acceptors (Lipinski definition) is 5. The quantitative estimate of drug-likeness (QED) is 0.109. The van der Waals surface area contributed by atoms with Crippen LogP contribution in [-0.4, -0.2) is 26.2 Å². The summed E-state index contributed by atoms with van der Waals surface area (Å²) in [7, 11) is -4.80. The van der Waals surface area contributed by atoms with Crippen LogP contribution in [0.2, 0.25) is 0 Å². The molecule has 0 heterocycles. The van der Waals surface area contributed by atoms with E-state index in [0.717, 1.165) is 27.8 Å². The van der Waals surface area contributed by atoms with Gasteiger partial charge < -0.3 is 15.4 Å². The Bertz CT molecular complexity index is 1360. The fourth-order valence-corrected chi connectivity index (χ4v) is 5.09. The van der Waals surface area contributed by atoms with Crippen molar-refractivity contribution in [2.75, 3.05) is 13.2 Å². The smallest absolute Gasteiger partial charge is 0.217 e. The van der Waals surface area contributed by atoms with Gasteiger partial charge in [0.15, 0.2) is 0 Å². The zero-order valence-corrected chi connectivity index (χ0v) is 23.7. The van der Waals surface area contributed by atoms with E-state index < -0.39 is 10.4 Å². The second kappa shape index (κ2) is 16.1. The molecular formula is C34H45NO5S. The summed E-state index contributed by atoms with van der Waals surface area (Å²) in [5, 5.41) is 0. The maximum atomic E-state index is 11.0. The molecule has 0 spiro atoms. The van der Waals surface area contributed by atoms with Gasteiger partial charge in [0.1, 0.15) is 12.4 Å². The van der Waals surface area contributed by atoms with Crippen molar-refractivity contribution in [1.82, 2.24) is 6.15 Å². The van der Waals surface area contributed by atoms with Crippen LogP contribution in [0.4, 0.5) is 0 Å². The van der Waals surface area contributed by atoms with Gasteiger partial charge in [-0.1, -0.05) is 139 Å². The molecule has 0 aromatic heterocycles. The molecule has 0 bridgehead atoms. The predicted octanol–water partition coefficient (Wildman–Crippen LogP) is 8.65. The summed E-state index contributed by atoms with van der Waals surface area (Å²) in [4.78, 5) is 0. The van der Waals surface area contributed by atoms with Gasteiger partial charge in [0.25, 0.3) is 0 Å². The molecule has 0 saturated heterocycles.